The van der Waals surface area contributed by atoms with Gasteiger partial charge < -0.3 is 4.57 Å². The minimum absolute atomic E-state index is 0.0106. The lowest BCUT2D eigenvalue weighted by Crippen LogP contribution is -2.22. The van der Waals surface area contributed by atoms with E-state index in [0.717, 1.165) is 5.52 Å². The third kappa shape index (κ3) is 2.72. The van der Waals surface area contributed by atoms with Gasteiger partial charge in [0.1, 0.15) is 5.82 Å². The Hall–Kier alpha value is -4.09. The predicted octanol–water partition coefficient (Wildman–Crippen LogP) is 3.44. The summed E-state index contributed by atoms with van der Waals surface area (Å²) in [6, 6.07) is 19.1. The summed E-state index contributed by atoms with van der Waals surface area (Å²) >= 11 is 0. The number of sulfone groups is 1. The van der Waals surface area contributed by atoms with Gasteiger partial charge in [-0.1, -0.05) is 30.3 Å². The van der Waals surface area contributed by atoms with E-state index in [1.165, 1.54) is 30.3 Å². The fraction of sp³-hybridized carbons (Fsp3) is 0.0833. The topological polar surface area (TPSA) is 110 Å². The van der Waals surface area contributed by atoms with Crippen molar-refractivity contribution in [1.29, 1.82) is 5.26 Å². The van der Waals surface area contributed by atoms with Gasteiger partial charge in [-0.15, -0.1) is 0 Å². The number of para-hydroxylation sites is 2. The number of rotatable bonds is 3. The number of carbonyl (C=O) groups is 2. The van der Waals surface area contributed by atoms with Crippen LogP contribution in [0.25, 0.3) is 11.0 Å². The number of imidazole rings is 1. The maximum absolute atomic E-state index is 13.3. The first-order chi connectivity index (χ1) is 15.3. The van der Waals surface area contributed by atoms with Crippen LogP contribution in [0, 0.1) is 11.3 Å². The van der Waals surface area contributed by atoms with Crippen molar-refractivity contribution in [2.24, 2.45) is 7.05 Å². The quantitative estimate of drug-likeness (QED) is 0.397. The Balaban J connectivity index is 1.62. The third-order valence-electron chi connectivity index (χ3n) is 5.69. The Morgan fingerprint density at radius 2 is 1.69 bits per heavy atom. The van der Waals surface area contributed by atoms with E-state index >= 15 is 0 Å². The number of aryl methyl sites for hydroxylation is 1. The summed E-state index contributed by atoms with van der Waals surface area (Å²) in [5.41, 5.74) is 1.56. The smallest absolute Gasteiger partial charge is 0.208 e. The lowest BCUT2D eigenvalue weighted by atomic mass is 9.95. The Morgan fingerprint density at radius 1 is 1.00 bits per heavy atom. The van der Waals surface area contributed by atoms with Crippen molar-refractivity contribution in [2.45, 2.75) is 15.7 Å². The normalized spacial score (nSPS) is 14.9. The standard InChI is InChI=1S/C24H15N3O4S/c1-27-19-8-4-3-7-18(19)26-24(27)17(13-25)22(28)14-10-11-16-21(12-14)32(30,31)20-9-5-2-6-15(20)23(16)29/h2-12,17H,1H3/t17-/m1/s1. The number of Topliss-reactive ketones (excluding diaryl/α,β-unsaturated/α-hetero) is 1. The highest BCUT2D eigenvalue weighted by atomic mass is 32.2. The van der Waals surface area contributed by atoms with E-state index in [-0.39, 0.29) is 32.3 Å². The van der Waals surface area contributed by atoms with Gasteiger partial charge in [0.25, 0.3) is 0 Å². The Kier molecular flexibility index (Phi) is 4.32. The van der Waals surface area contributed by atoms with Crippen LogP contribution in [-0.4, -0.2) is 29.5 Å². The number of nitrogens with zero attached hydrogens (tertiary/aromatic N) is 3. The van der Waals surface area contributed by atoms with Gasteiger partial charge in [0.2, 0.25) is 9.84 Å². The molecule has 2 heterocycles. The lowest BCUT2D eigenvalue weighted by Gasteiger charge is -2.19. The molecule has 0 N–H and O–H groups in total. The van der Waals surface area contributed by atoms with E-state index in [9.17, 15) is 23.3 Å². The van der Waals surface area contributed by atoms with Crippen molar-refractivity contribution >= 4 is 32.4 Å². The summed E-state index contributed by atoms with van der Waals surface area (Å²) in [6.07, 6.45) is 0. The second-order valence-corrected chi connectivity index (χ2v) is 9.37. The molecule has 3 aromatic carbocycles. The maximum atomic E-state index is 13.3. The van der Waals surface area contributed by atoms with Crippen molar-refractivity contribution < 1.29 is 18.0 Å². The van der Waals surface area contributed by atoms with Gasteiger partial charge >= 0.3 is 0 Å². The molecule has 0 amide bonds. The molecule has 1 aliphatic heterocycles. The molecule has 156 valence electrons. The first kappa shape index (κ1) is 19.8. The zero-order valence-electron chi connectivity index (χ0n) is 16.8. The van der Waals surface area contributed by atoms with Gasteiger partial charge in [0, 0.05) is 23.7 Å². The van der Waals surface area contributed by atoms with Gasteiger partial charge in [0.15, 0.2) is 17.5 Å². The molecule has 0 saturated heterocycles. The van der Waals surface area contributed by atoms with Crippen LogP contribution < -0.4 is 0 Å². The number of hydrogen-bond donors (Lipinski definition) is 0. The Morgan fingerprint density at radius 3 is 2.44 bits per heavy atom. The third-order valence-corrected chi connectivity index (χ3v) is 7.54. The average molecular weight is 441 g/mol. The Labute approximate surface area is 183 Å². The monoisotopic (exact) mass is 441 g/mol. The molecule has 1 aromatic heterocycles. The lowest BCUT2D eigenvalue weighted by molar-refractivity contribution is 0.0972. The van der Waals surface area contributed by atoms with Gasteiger partial charge in [0.05, 0.1) is 26.9 Å². The van der Waals surface area contributed by atoms with Crippen LogP contribution in [0.2, 0.25) is 0 Å². The highest BCUT2D eigenvalue weighted by Gasteiger charge is 2.36. The number of aromatic nitrogens is 2. The summed E-state index contributed by atoms with van der Waals surface area (Å²) in [5.74, 6) is -1.98. The molecule has 0 radical (unpaired) electrons. The highest BCUT2D eigenvalue weighted by Crippen LogP contribution is 2.35. The summed E-state index contributed by atoms with van der Waals surface area (Å²) in [6.45, 7) is 0. The van der Waals surface area contributed by atoms with Crippen molar-refractivity contribution in [1.82, 2.24) is 9.55 Å². The molecule has 7 nitrogen and oxygen atoms in total. The largest absolute Gasteiger partial charge is 0.330 e. The van der Waals surface area contributed by atoms with E-state index < -0.39 is 27.3 Å². The second-order valence-electron chi connectivity index (χ2n) is 7.48. The number of benzene rings is 3. The maximum Gasteiger partial charge on any atom is 0.208 e. The molecule has 1 aliphatic rings. The zero-order valence-corrected chi connectivity index (χ0v) is 17.6. The van der Waals surface area contributed by atoms with Crippen LogP contribution in [-0.2, 0) is 16.9 Å². The molecule has 4 aromatic rings. The van der Waals surface area contributed by atoms with Crippen LogP contribution in [0.3, 0.4) is 0 Å². The molecule has 5 rings (SSSR count). The minimum atomic E-state index is -3.99. The van der Waals surface area contributed by atoms with Crippen molar-refractivity contribution in [3.8, 4) is 6.07 Å². The molecule has 0 unspecified atom stereocenters. The zero-order chi connectivity index (χ0) is 22.6. The summed E-state index contributed by atoms with van der Waals surface area (Å²) in [5, 5.41) is 9.78. The van der Waals surface area contributed by atoms with Gasteiger partial charge in [-0.05, 0) is 36.4 Å². The summed E-state index contributed by atoms with van der Waals surface area (Å²) in [7, 11) is -2.28. The van der Waals surface area contributed by atoms with Crippen molar-refractivity contribution in [2.75, 3.05) is 0 Å². The summed E-state index contributed by atoms with van der Waals surface area (Å²) < 4.78 is 28.0. The minimum Gasteiger partial charge on any atom is -0.330 e. The van der Waals surface area contributed by atoms with Crippen LogP contribution in [0.5, 0.6) is 0 Å². The Bertz CT molecular complexity index is 1610. The van der Waals surface area contributed by atoms with E-state index in [0.29, 0.717) is 5.52 Å². The molecule has 8 heteroatoms. The molecule has 0 fully saturated rings. The molecule has 0 saturated carbocycles. The number of fused-ring (bicyclic) bond motifs is 3. The van der Waals surface area contributed by atoms with E-state index in [1.54, 1.807) is 29.8 Å². The molecular weight excluding hydrogens is 426 g/mol. The molecule has 0 bridgehead atoms. The molecule has 32 heavy (non-hydrogen) atoms. The van der Waals surface area contributed by atoms with Crippen LogP contribution >= 0.6 is 0 Å². The fourth-order valence-electron chi connectivity index (χ4n) is 4.06. The molecular formula is C24H15N3O4S. The average Bonchev–Trinajstić information content (AvgIpc) is 3.14. The number of carbonyl (C=O) groups excluding carboxylic acids is 2. The van der Waals surface area contributed by atoms with E-state index in [1.807, 2.05) is 24.3 Å². The van der Waals surface area contributed by atoms with Crippen molar-refractivity contribution in [3.05, 3.63) is 89.2 Å². The highest BCUT2D eigenvalue weighted by molar-refractivity contribution is 7.91. The first-order valence-corrected chi connectivity index (χ1v) is 11.2. The molecule has 0 spiro atoms. The van der Waals surface area contributed by atoms with Crippen LogP contribution in [0.4, 0.5) is 0 Å². The van der Waals surface area contributed by atoms with Crippen LogP contribution in [0.1, 0.15) is 38.0 Å². The predicted molar refractivity (Wildman–Crippen MR) is 115 cm³/mol. The van der Waals surface area contributed by atoms with Gasteiger partial charge in [-0.2, -0.15) is 5.26 Å². The summed E-state index contributed by atoms with van der Waals surface area (Å²) in [4.78, 5) is 30.2. The molecule has 0 aliphatic carbocycles. The number of hydrogen-bond acceptors (Lipinski definition) is 6. The second kappa shape index (κ2) is 6.97. The first-order valence-electron chi connectivity index (χ1n) is 9.72. The van der Waals surface area contributed by atoms with E-state index in [2.05, 4.69) is 4.98 Å². The molecule has 1 atom stereocenters. The van der Waals surface area contributed by atoms with Crippen molar-refractivity contribution in [3.63, 3.8) is 0 Å². The number of nitriles is 1. The number of ketones is 2. The SMILES string of the molecule is Cn1c([C@H](C#N)C(=O)c2ccc3c(c2)S(=O)(=O)c2ccccc2C3=O)nc2ccccc21. The van der Waals surface area contributed by atoms with Gasteiger partial charge in [-0.3, -0.25) is 9.59 Å². The van der Waals surface area contributed by atoms with Gasteiger partial charge in [-0.25, -0.2) is 13.4 Å². The van der Waals surface area contributed by atoms with Crippen LogP contribution in [0.15, 0.2) is 76.5 Å². The fourth-order valence-corrected chi connectivity index (χ4v) is 5.74. The van der Waals surface area contributed by atoms with E-state index in [4.69, 9.17) is 0 Å².